The van der Waals surface area contributed by atoms with E-state index in [1.54, 1.807) is 6.07 Å². The van der Waals surface area contributed by atoms with E-state index < -0.39 is 0 Å². The van der Waals surface area contributed by atoms with E-state index in [9.17, 15) is 4.79 Å². The molecule has 0 bridgehead atoms. The molecule has 0 unspecified atom stereocenters. The van der Waals surface area contributed by atoms with E-state index in [0.717, 1.165) is 34.0 Å². The third-order valence-corrected chi connectivity index (χ3v) is 3.62. The molecule has 0 atom stereocenters. The molecule has 0 spiro atoms. The van der Waals surface area contributed by atoms with Crippen LogP contribution in [0.2, 0.25) is 5.02 Å². The molecule has 0 radical (unpaired) electrons. The topological polar surface area (TPSA) is 30.0 Å². The van der Waals surface area contributed by atoms with Crippen LogP contribution in [0.5, 0.6) is 0 Å². The molecule has 3 aromatic rings. The predicted octanol–water partition coefficient (Wildman–Crippen LogP) is 4.68. The lowest BCUT2D eigenvalue weighted by Crippen LogP contribution is -1.86. The Kier molecular flexibility index (Phi) is 3.25. The average molecular weight is 282 g/mol. The van der Waals surface area contributed by atoms with Crippen molar-refractivity contribution in [1.29, 1.82) is 0 Å². The molecule has 2 aromatic carbocycles. The second kappa shape index (κ2) is 5.06. The lowest BCUT2D eigenvalue weighted by molar-refractivity contribution is 0.112. The van der Waals surface area contributed by atoms with Gasteiger partial charge in [0.15, 0.2) is 6.29 Å². The zero-order valence-corrected chi connectivity index (χ0v) is 11.7. The molecular weight excluding hydrogens is 270 g/mol. The molecule has 0 saturated heterocycles. The monoisotopic (exact) mass is 281 g/mol. The smallest absolute Gasteiger partial charge is 0.151 e. The van der Waals surface area contributed by atoms with E-state index in [1.807, 2.05) is 37.3 Å². The Labute approximate surface area is 122 Å². The number of nitrogens with zero attached hydrogens (tertiary/aromatic N) is 1. The van der Waals surface area contributed by atoms with Gasteiger partial charge in [0.2, 0.25) is 0 Å². The van der Waals surface area contributed by atoms with Crippen LogP contribution in [-0.4, -0.2) is 11.3 Å². The number of fused-ring (bicyclic) bond motifs is 1. The maximum atomic E-state index is 10.8. The molecule has 0 amide bonds. The van der Waals surface area contributed by atoms with Crippen molar-refractivity contribution in [2.75, 3.05) is 0 Å². The van der Waals surface area contributed by atoms with Crippen LogP contribution in [0.4, 0.5) is 0 Å². The number of aldehydes is 1. The summed E-state index contributed by atoms with van der Waals surface area (Å²) in [5, 5.41) is 1.56. The number of rotatable bonds is 2. The largest absolute Gasteiger partial charge is 0.298 e. The van der Waals surface area contributed by atoms with Crippen LogP contribution in [0.15, 0.2) is 48.5 Å². The number of hydrogen-bond acceptors (Lipinski definition) is 2. The van der Waals surface area contributed by atoms with Gasteiger partial charge in [-0.05, 0) is 48.4 Å². The number of aryl methyl sites for hydroxylation is 1. The van der Waals surface area contributed by atoms with Crippen molar-refractivity contribution in [3.05, 3.63) is 64.8 Å². The minimum Gasteiger partial charge on any atom is -0.298 e. The van der Waals surface area contributed by atoms with Crippen molar-refractivity contribution >= 4 is 28.8 Å². The zero-order valence-electron chi connectivity index (χ0n) is 10.9. The number of benzene rings is 2. The summed E-state index contributed by atoms with van der Waals surface area (Å²) in [4.78, 5) is 15.3. The lowest BCUT2D eigenvalue weighted by atomic mass is 10.0. The Bertz CT molecular complexity index is 811. The normalized spacial score (nSPS) is 10.7. The van der Waals surface area contributed by atoms with Gasteiger partial charge >= 0.3 is 0 Å². The van der Waals surface area contributed by atoms with Gasteiger partial charge in [0.05, 0.1) is 10.5 Å². The Morgan fingerprint density at radius 2 is 1.75 bits per heavy atom. The first-order valence-electron chi connectivity index (χ1n) is 6.30. The number of halogens is 1. The molecule has 1 heterocycles. The molecular formula is C17H12ClNO. The highest BCUT2D eigenvalue weighted by Crippen LogP contribution is 2.27. The van der Waals surface area contributed by atoms with Crippen LogP contribution >= 0.6 is 11.6 Å². The quantitative estimate of drug-likeness (QED) is 0.639. The number of carbonyl (C=O) groups is 1. The number of hydrogen-bond donors (Lipinski definition) is 0. The molecule has 0 N–H and O–H groups in total. The summed E-state index contributed by atoms with van der Waals surface area (Å²) in [5.41, 5.74) is 4.53. The van der Waals surface area contributed by atoms with Crippen molar-refractivity contribution in [1.82, 2.24) is 4.98 Å². The van der Waals surface area contributed by atoms with E-state index in [1.165, 1.54) is 0 Å². The Balaban J connectivity index is 2.12. The third kappa shape index (κ3) is 2.30. The first kappa shape index (κ1) is 12.8. The van der Waals surface area contributed by atoms with Gasteiger partial charge in [-0.3, -0.25) is 9.78 Å². The second-order valence-electron chi connectivity index (χ2n) is 4.71. The van der Waals surface area contributed by atoms with Gasteiger partial charge in [-0.15, -0.1) is 0 Å². The van der Waals surface area contributed by atoms with Crippen molar-refractivity contribution in [2.24, 2.45) is 0 Å². The fraction of sp³-hybridized carbons (Fsp3) is 0.0588. The first-order chi connectivity index (χ1) is 9.67. The van der Waals surface area contributed by atoms with Crippen LogP contribution in [0.1, 0.15) is 16.1 Å². The van der Waals surface area contributed by atoms with Gasteiger partial charge < -0.3 is 0 Å². The van der Waals surface area contributed by atoms with Crippen LogP contribution in [0, 0.1) is 6.92 Å². The van der Waals surface area contributed by atoms with E-state index in [4.69, 9.17) is 11.6 Å². The van der Waals surface area contributed by atoms with Gasteiger partial charge in [0, 0.05) is 16.6 Å². The van der Waals surface area contributed by atoms with Gasteiger partial charge in [0.1, 0.15) is 0 Å². The van der Waals surface area contributed by atoms with Gasteiger partial charge in [-0.25, -0.2) is 0 Å². The Morgan fingerprint density at radius 3 is 2.50 bits per heavy atom. The van der Waals surface area contributed by atoms with Crippen molar-refractivity contribution in [3.63, 3.8) is 0 Å². The molecule has 0 saturated carbocycles. The highest BCUT2D eigenvalue weighted by molar-refractivity contribution is 6.33. The SMILES string of the molecule is Cc1ccc2cc(-c3ccc(C=O)c(Cl)c3)ccc2n1. The van der Waals surface area contributed by atoms with Crippen molar-refractivity contribution < 1.29 is 4.79 Å². The van der Waals surface area contributed by atoms with E-state index >= 15 is 0 Å². The fourth-order valence-corrected chi connectivity index (χ4v) is 2.43. The number of aromatic nitrogens is 1. The first-order valence-corrected chi connectivity index (χ1v) is 6.68. The maximum absolute atomic E-state index is 10.8. The van der Waals surface area contributed by atoms with Crippen molar-refractivity contribution in [2.45, 2.75) is 6.92 Å². The molecule has 0 aliphatic rings. The van der Waals surface area contributed by atoms with Gasteiger partial charge in [-0.1, -0.05) is 29.8 Å². The molecule has 98 valence electrons. The molecule has 1 aromatic heterocycles. The Morgan fingerprint density at radius 1 is 1.00 bits per heavy atom. The fourth-order valence-electron chi connectivity index (χ4n) is 2.21. The molecule has 2 nitrogen and oxygen atoms in total. The summed E-state index contributed by atoms with van der Waals surface area (Å²) in [6.45, 7) is 1.98. The zero-order chi connectivity index (χ0) is 14.1. The number of pyridine rings is 1. The molecule has 20 heavy (non-hydrogen) atoms. The molecule has 3 rings (SSSR count). The molecule has 0 fully saturated rings. The molecule has 0 aliphatic carbocycles. The van der Waals surface area contributed by atoms with Crippen LogP contribution < -0.4 is 0 Å². The van der Waals surface area contributed by atoms with E-state index in [0.29, 0.717) is 10.6 Å². The van der Waals surface area contributed by atoms with Gasteiger partial charge in [0.25, 0.3) is 0 Å². The second-order valence-corrected chi connectivity index (χ2v) is 5.12. The average Bonchev–Trinajstić information content (AvgIpc) is 2.46. The summed E-state index contributed by atoms with van der Waals surface area (Å²) in [6, 6.07) is 15.6. The van der Waals surface area contributed by atoms with Crippen LogP contribution in [-0.2, 0) is 0 Å². The summed E-state index contributed by atoms with van der Waals surface area (Å²) < 4.78 is 0. The van der Waals surface area contributed by atoms with Gasteiger partial charge in [-0.2, -0.15) is 0 Å². The lowest BCUT2D eigenvalue weighted by Gasteiger charge is -2.06. The van der Waals surface area contributed by atoms with Crippen molar-refractivity contribution in [3.8, 4) is 11.1 Å². The number of carbonyl (C=O) groups excluding carboxylic acids is 1. The third-order valence-electron chi connectivity index (χ3n) is 3.29. The summed E-state index contributed by atoms with van der Waals surface area (Å²) in [7, 11) is 0. The highest BCUT2D eigenvalue weighted by atomic mass is 35.5. The van der Waals surface area contributed by atoms with E-state index in [-0.39, 0.29) is 0 Å². The standard InChI is InChI=1S/C17H12ClNO/c1-11-2-3-14-8-12(6-7-17(14)19-11)13-4-5-15(10-20)16(18)9-13/h2-10H,1H3. The minimum atomic E-state index is 0.472. The van der Waals surface area contributed by atoms with Crippen LogP contribution in [0.3, 0.4) is 0 Å². The highest BCUT2D eigenvalue weighted by Gasteiger charge is 2.04. The minimum absolute atomic E-state index is 0.472. The van der Waals surface area contributed by atoms with Crippen LogP contribution in [0.25, 0.3) is 22.0 Å². The summed E-state index contributed by atoms with van der Waals surface area (Å²) in [6.07, 6.45) is 0.763. The van der Waals surface area contributed by atoms with E-state index in [2.05, 4.69) is 17.1 Å². The summed E-state index contributed by atoms with van der Waals surface area (Å²) in [5.74, 6) is 0. The molecule has 3 heteroatoms. The Hall–Kier alpha value is -2.19. The molecule has 0 aliphatic heterocycles. The maximum Gasteiger partial charge on any atom is 0.151 e. The summed E-state index contributed by atoms with van der Waals surface area (Å²) >= 11 is 6.07. The predicted molar refractivity (Wildman–Crippen MR) is 82.3 cm³/mol.